The third kappa shape index (κ3) is 6.54. The molecule has 2 aromatic heterocycles. The number of nitrogens with zero attached hydrogens (tertiary/aromatic N) is 4. The van der Waals surface area contributed by atoms with E-state index in [1.165, 1.54) is 0 Å². The van der Waals surface area contributed by atoms with Crippen LogP contribution in [0.2, 0.25) is 0 Å². The fraction of sp³-hybridized carbons (Fsp3) is 0.333. The molecule has 0 bridgehead atoms. The highest BCUT2D eigenvalue weighted by Gasteiger charge is 2.27. The third-order valence-corrected chi connectivity index (χ3v) is 8.61. The van der Waals surface area contributed by atoms with Crippen molar-refractivity contribution in [1.29, 1.82) is 0 Å². The summed E-state index contributed by atoms with van der Waals surface area (Å²) in [6.45, 7) is 6.02. The van der Waals surface area contributed by atoms with Gasteiger partial charge >= 0.3 is 0 Å². The summed E-state index contributed by atoms with van der Waals surface area (Å²) in [7, 11) is 0. The van der Waals surface area contributed by atoms with Gasteiger partial charge in [0.25, 0.3) is 5.56 Å². The first kappa shape index (κ1) is 30.3. The molecular weight excluding hydrogens is 568 g/mol. The molecule has 1 N–H and O–H groups in total. The van der Waals surface area contributed by atoms with Crippen LogP contribution in [0.15, 0.2) is 82.1 Å². The normalized spacial score (nSPS) is 18.2. The first-order valence-electron chi connectivity index (χ1n) is 15.6. The maximum absolute atomic E-state index is 14.1. The first-order valence-corrected chi connectivity index (χ1v) is 15.6. The molecule has 0 aliphatic heterocycles. The van der Waals surface area contributed by atoms with Gasteiger partial charge in [-0.05, 0) is 79.5 Å². The van der Waals surface area contributed by atoms with Crippen LogP contribution < -0.4 is 15.4 Å². The van der Waals surface area contributed by atoms with Crippen molar-refractivity contribution in [2.24, 2.45) is 5.92 Å². The SMILES string of the molecule is CCCc1nc(C)n(-c2ccc(OC3CCC(O)C(C)C3)cc2)c(=O)c1Cc1ccc(-c2ccccc2-c2noc([O-])n2)cc1. The smallest absolute Gasteiger partial charge is 0.261 e. The Bertz CT molecular complexity index is 1830. The van der Waals surface area contributed by atoms with Crippen molar-refractivity contribution >= 4 is 0 Å². The largest absolute Gasteiger partial charge is 0.528 e. The molecule has 45 heavy (non-hydrogen) atoms. The van der Waals surface area contributed by atoms with Gasteiger partial charge in [-0.3, -0.25) is 9.36 Å². The summed E-state index contributed by atoms with van der Waals surface area (Å²) < 4.78 is 12.6. The van der Waals surface area contributed by atoms with Crippen molar-refractivity contribution in [3.05, 3.63) is 106 Å². The van der Waals surface area contributed by atoms with Gasteiger partial charge in [0.15, 0.2) is 11.9 Å². The van der Waals surface area contributed by atoms with E-state index in [-0.39, 0.29) is 29.5 Å². The van der Waals surface area contributed by atoms with E-state index < -0.39 is 6.08 Å². The molecule has 232 valence electrons. The first-order chi connectivity index (χ1) is 21.8. The average Bonchev–Trinajstić information content (AvgIpc) is 3.48. The van der Waals surface area contributed by atoms with Crippen LogP contribution >= 0.6 is 0 Å². The van der Waals surface area contributed by atoms with Crippen LogP contribution in [0.5, 0.6) is 11.8 Å². The van der Waals surface area contributed by atoms with Gasteiger partial charge < -0.3 is 19.5 Å². The number of aliphatic hydroxyl groups excluding tert-OH is 1. The van der Waals surface area contributed by atoms with Crippen LogP contribution in [-0.4, -0.2) is 37.0 Å². The Morgan fingerprint density at radius 2 is 1.73 bits per heavy atom. The maximum atomic E-state index is 14.1. The molecule has 5 aromatic rings. The Kier molecular flexibility index (Phi) is 8.80. The molecule has 3 unspecified atom stereocenters. The van der Waals surface area contributed by atoms with E-state index in [1.807, 2.05) is 79.7 Å². The summed E-state index contributed by atoms with van der Waals surface area (Å²) in [4.78, 5) is 22.8. The molecular formula is C36H37N4O5-. The van der Waals surface area contributed by atoms with E-state index in [0.717, 1.165) is 59.5 Å². The van der Waals surface area contributed by atoms with Crippen LogP contribution in [0.4, 0.5) is 0 Å². The van der Waals surface area contributed by atoms with E-state index in [1.54, 1.807) is 4.57 Å². The summed E-state index contributed by atoms with van der Waals surface area (Å²) in [6.07, 6.45) is 3.52. The van der Waals surface area contributed by atoms with Crippen molar-refractivity contribution in [2.45, 2.75) is 71.5 Å². The second-order valence-electron chi connectivity index (χ2n) is 11.9. The lowest BCUT2D eigenvalue weighted by molar-refractivity contribution is -0.303. The number of ether oxygens (including phenoxy) is 1. The molecule has 1 saturated carbocycles. The van der Waals surface area contributed by atoms with Crippen molar-refractivity contribution in [3.63, 3.8) is 0 Å². The zero-order chi connectivity index (χ0) is 31.5. The van der Waals surface area contributed by atoms with Crippen LogP contribution in [0, 0.1) is 12.8 Å². The van der Waals surface area contributed by atoms with Gasteiger partial charge in [0.2, 0.25) is 0 Å². The average molecular weight is 606 g/mol. The molecule has 3 atom stereocenters. The summed E-state index contributed by atoms with van der Waals surface area (Å²) in [5.74, 6) is 1.86. The van der Waals surface area contributed by atoms with Crippen molar-refractivity contribution in [2.75, 3.05) is 0 Å². The van der Waals surface area contributed by atoms with Gasteiger partial charge in [0.05, 0.1) is 23.6 Å². The zero-order valence-electron chi connectivity index (χ0n) is 25.8. The summed E-state index contributed by atoms with van der Waals surface area (Å²) in [5, 5.41) is 25.3. The lowest BCUT2D eigenvalue weighted by Gasteiger charge is -2.31. The fourth-order valence-corrected chi connectivity index (χ4v) is 6.20. The number of hydrogen-bond donors (Lipinski definition) is 1. The molecule has 0 saturated heterocycles. The zero-order valence-corrected chi connectivity index (χ0v) is 25.8. The predicted octanol–water partition coefficient (Wildman–Crippen LogP) is 5.80. The van der Waals surface area contributed by atoms with E-state index in [2.05, 4.69) is 28.5 Å². The Hall–Kier alpha value is -4.76. The molecule has 3 aromatic carbocycles. The molecule has 1 fully saturated rings. The summed E-state index contributed by atoms with van der Waals surface area (Å²) in [6, 6.07) is 23.2. The minimum Gasteiger partial charge on any atom is -0.528 e. The Morgan fingerprint density at radius 1 is 1.00 bits per heavy atom. The Labute approximate surface area is 262 Å². The Balaban J connectivity index is 1.26. The maximum Gasteiger partial charge on any atom is 0.261 e. The van der Waals surface area contributed by atoms with Gasteiger partial charge in [-0.15, -0.1) is 0 Å². The quantitative estimate of drug-likeness (QED) is 0.223. The van der Waals surface area contributed by atoms with Crippen LogP contribution in [0.3, 0.4) is 0 Å². The van der Waals surface area contributed by atoms with Gasteiger partial charge in [0, 0.05) is 17.5 Å². The van der Waals surface area contributed by atoms with Crippen LogP contribution in [0.25, 0.3) is 28.2 Å². The minimum absolute atomic E-state index is 0.0739. The number of aromatic nitrogens is 4. The minimum atomic E-state index is -0.727. The number of aliphatic hydroxyl groups is 1. The number of rotatable bonds is 9. The van der Waals surface area contributed by atoms with Gasteiger partial charge in [-0.2, -0.15) is 5.16 Å². The van der Waals surface area contributed by atoms with E-state index >= 15 is 0 Å². The van der Waals surface area contributed by atoms with Crippen LogP contribution in [0.1, 0.15) is 62.2 Å². The van der Waals surface area contributed by atoms with E-state index in [0.29, 0.717) is 29.8 Å². The summed E-state index contributed by atoms with van der Waals surface area (Å²) >= 11 is 0. The second kappa shape index (κ2) is 13.1. The Morgan fingerprint density at radius 3 is 2.40 bits per heavy atom. The molecule has 0 amide bonds. The molecule has 9 nitrogen and oxygen atoms in total. The number of benzene rings is 3. The highest BCUT2D eigenvalue weighted by molar-refractivity contribution is 5.80. The van der Waals surface area contributed by atoms with Crippen molar-refractivity contribution < 1.29 is 19.5 Å². The van der Waals surface area contributed by atoms with Crippen molar-refractivity contribution in [3.8, 4) is 40.0 Å². The molecule has 0 radical (unpaired) electrons. The standard InChI is InChI=1S/C36H38N4O5/c1-4-7-32-31(21-24-10-12-25(13-11-24)29-8-5-6-9-30(29)34-38-36(43)45-39-34)35(42)40(23(3)37-32)26-14-16-27(17-15-26)44-28-18-19-33(41)22(2)20-28/h5-6,8-17,22,28,33,41H,4,7,18-21H2,1-3H3,(H,38,39,43)/p-1. The number of aryl methyl sites for hydroxylation is 2. The second-order valence-corrected chi connectivity index (χ2v) is 11.9. The lowest BCUT2D eigenvalue weighted by Crippen LogP contribution is -2.33. The lowest BCUT2D eigenvalue weighted by atomic mass is 9.86. The highest BCUT2D eigenvalue weighted by atomic mass is 16.6. The fourth-order valence-electron chi connectivity index (χ4n) is 6.20. The molecule has 6 rings (SSSR count). The number of hydrogen-bond acceptors (Lipinski definition) is 8. The molecule has 1 aliphatic rings. The van der Waals surface area contributed by atoms with Gasteiger partial charge in [-0.25, -0.2) is 9.97 Å². The summed E-state index contributed by atoms with van der Waals surface area (Å²) in [5.41, 5.74) is 5.67. The molecule has 1 aliphatic carbocycles. The molecule has 9 heteroatoms. The van der Waals surface area contributed by atoms with Crippen molar-refractivity contribution in [1.82, 2.24) is 19.7 Å². The van der Waals surface area contributed by atoms with E-state index in [9.17, 15) is 15.0 Å². The van der Waals surface area contributed by atoms with Crippen LogP contribution in [-0.2, 0) is 12.8 Å². The molecule has 0 spiro atoms. The predicted molar refractivity (Wildman–Crippen MR) is 169 cm³/mol. The topological polar surface area (TPSA) is 126 Å². The third-order valence-electron chi connectivity index (χ3n) is 8.61. The van der Waals surface area contributed by atoms with Gasteiger partial charge in [-0.1, -0.05) is 68.8 Å². The monoisotopic (exact) mass is 605 g/mol. The van der Waals surface area contributed by atoms with E-state index in [4.69, 9.17) is 9.72 Å². The molecule has 2 heterocycles. The van der Waals surface area contributed by atoms with Gasteiger partial charge in [0.1, 0.15) is 11.6 Å². The highest BCUT2D eigenvalue weighted by Crippen LogP contribution is 2.32.